The molecule has 2 aliphatic carbocycles. The number of likely N-dealkylation sites (tertiary alicyclic amines) is 1. The Kier molecular flexibility index (Phi) is 9.89. The van der Waals surface area contributed by atoms with Crippen LogP contribution in [0.2, 0.25) is 0 Å². The van der Waals surface area contributed by atoms with Gasteiger partial charge in [-0.05, 0) is 49.4 Å². The van der Waals surface area contributed by atoms with Crippen LogP contribution in [0.1, 0.15) is 78.1 Å². The lowest BCUT2D eigenvalue weighted by Gasteiger charge is -2.35. The molecule has 3 aliphatic rings. The maximum atomic E-state index is 13.7. The van der Waals surface area contributed by atoms with Crippen LogP contribution in [0.4, 0.5) is 0 Å². The van der Waals surface area contributed by atoms with Crippen molar-refractivity contribution in [2.75, 3.05) is 13.1 Å². The van der Waals surface area contributed by atoms with Gasteiger partial charge in [-0.25, -0.2) is 0 Å². The third kappa shape index (κ3) is 6.72. The van der Waals surface area contributed by atoms with Crippen LogP contribution in [0, 0.1) is 23.7 Å². The summed E-state index contributed by atoms with van der Waals surface area (Å²) in [6.07, 6.45) is 11.0. The Morgan fingerprint density at radius 2 is 1.71 bits per heavy atom. The molecule has 3 amide bonds. The Morgan fingerprint density at radius 1 is 1.03 bits per heavy atom. The molecule has 1 unspecified atom stereocenters. The molecule has 4 atom stereocenters. The van der Waals surface area contributed by atoms with Gasteiger partial charge in [0.1, 0.15) is 6.04 Å². The molecule has 35 heavy (non-hydrogen) atoms. The molecular weight excluding hydrogens is 444 g/mol. The van der Waals surface area contributed by atoms with Crippen molar-refractivity contribution in [1.82, 2.24) is 15.5 Å². The average Bonchev–Trinajstić information content (AvgIpc) is 3.28. The molecule has 0 bridgehead atoms. The van der Waals surface area contributed by atoms with Crippen molar-refractivity contribution >= 4 is 23.5 Å². The third-order valence-corrected chi connectivity index (χ3v) is 8.35. The summed E-state index contributed by atoms with van der Waals surface area (Å²) < 4.78 is 0. The lowest BCUT2D eigenvalue weighted by Crippen LogP contribution is -2.58. The molecule has 0 aromatic heterocycles. The van der Waals surface area contributed by atoms with E-state index in [1.807, 2.05) is 0 Å². The summed E-state index contributed by atoms with van der Waals surface area (Å²) in [4.78, 5) is 54.2. The first-order valence-corrected chi connectivity index (χ1v) is 13.5. The number of hydrogen-bond donors (Lipinski definition) is 3. The number of ketones is 1. The third-order valence-electron chi connectivity index (χ3n) is 8.35. The van der Waals surface area contributed by atoms with Crippen LogP contribution in [0.15, 0.2) is 12.7 Å². The highest BCUT2D eigenvalue weighted by Gasteiger charge is 2.46. The largest absolute Gasteiger partial charge is 0.346 e. The number of hydrogen-bond acceptors (Lipinski definition) is 5. The maximum absolute atomic E-state index is 13.7. The fraction of sp³-hybridized carbons (Fsp3) is 0.778. The molecule has 2 saturated carbocycles. The molecule has 1 heterocycles. The van der Waals surface area contributed by atoms with Crippen molar-refractivity contribution in [2.24, 2.45) is 29.4 Å². The van der Waals surface area contributed by atoms with Gasteiger partial charge in [0.25, 0.3) is 5.91 Å². The first-order valence-electron chi connectivity index (χ1n) is 13.5. The van der Waals surface area contributed by atoms with E-state index in [1.165, 1.54) is 12.5 Å². The van der Waals surface area contributed by atoms with E-state index in [-0.39, 0.29) is 36.1 Å². The van der Waals surface area contributed by atoms with E-state index < -0.39 is 29.8 Å². The van der Waals surface area contributed by atoms with E-state index in [0.717, 1.165) is 51.4 Å². The molecule has 0 aromatic rings. The normalized spacial score (nSPS) is 25.0. The van der Waals surface area contributed by atoms with E-state index >= 15 is 0 Å². The molecule has 8 nitrogen and oxygen atoms in total. The number of amides is 3. The smallest absolute Gasteiger partial charge is 0.289 e. The molecule has 4 N–H and O–H groups in total. The Morgan fingerprint density at radius 3 is 2.29 bits per heavy atom. The minimum absolute atomic E-state index is 0.0217. The van der Waals surface area contributed by atoms with Crippen molar-refractivity contribution in [1.29, 1.82) is 0 Å². The number of nitrogens with two attached hydrogens (primary N) is 1. The summed E-state index contributed by atoms with van der Waals surface area (Å²) >= 11 is 0. The van der Waals surface area contributed by atoms with Crippen LogP contribution < -0.4 is 16.4 Å². The number of carbonyl (C=O) groups excluding carboxylic acids is 4. The van der Waals surface area contributed by atoms with Crippen molar-refractivity contribution in [3.8, 4) is 0 Å². The first-order chi connectivity index (χ1) is 16.7. The van der Waals surface area contributed by atoms with Crippen LogP contribution in [-0.4, -0.2) is 59.6 Å². The summed E-state index contributed by atoms with van der Waals surface area (Å²) in [5, 5.41) is 5.42. The molecule has 3 fully saturated rings. The van der Waals surface area contributed by atoms with Crippen molar-refractivity contribution in [2.45, 2.75) is 96.2 Å². The minimum Gasteiger partial charge on any atom is -0.346 e. The number of Topliss-reactive ketones (excluding diaryl/α,β-unsaturated/α-hetero) is 1. The molecule has 3 rings (SSSR count). The Hall–Kier alpha value is -2.22. The Bertz CT molecular complexity index is 788. The minimum atomic E-state index is -0.894. The van der Waals surface area contributed by atoms with Gasteiger partial charge >= 0.3 is 0 Å². The van der Waals surface area contributed by atoms with Crippen LogP contribution in [-0.2, 0) is 19.2 Å². The number of rotatable bonds is 11. The summed E-state index contributed by atoms with van der Waals surface area (Å²) in [6.45, 7) is 8.35. The fourth-order valence-electron chi connectivity index (χ4n) is 5.94. The standard InChI is InChI=1S/C27H44N4O4/c1-4-14-29-26(34)24(32)21(16-18-9-8-10-18)30-25(33)23-20(17(2)3)13-15-31(23)27(35)22(28)19-11-6-5-7-12-19/h4,17-23H,1,5-16,28H2,2-3H3,(H,29,34)(H,30,33)/t20-,21?,22+,23+/m1/s1. The second-order valence-electron chi connectivity index (χ2n) is 11.1. The second-order valence-corrected chi connectivity index (χ2v) is 11.1. The molecule has 0 aromatic carbocycles. The predicted molar refractivity (Wildman–Crippen MR) is 135 cm³/mol. The van der Waals surface area contributed by atoms with Gasteiger partial charge in [-0.2, -0.15) is 0 Å². The predicted octanol–water partition coefficient (Wildman–Crippen LogP) is 2.31. The molecule has 1 aliphatic heterocycles. The summed E-state index contributed by atoms with van der Waals surface area (Å²) in [5.74, 6) is -1.22. The van der Waals surface area contributed by atoms with E-state index in [9.17, 15) is 19.2 Å². The summed E-state index contributed by atoms with van der Waals surface area (Å²) in [5.41, 5.74) is 6.44. The van der Waals surface area contributed by atoms with Crippen LogP contribution in [0.3, 0.4) is 0 Å². The van der Waals surface area contributed by atoms with E-state index in [4.69, 9.17) is 5.73 Å². The number of nitrogens with one attached hydrogen (secondary N) is 2. The Balaban J connectivity index is 1.76. The quantitative estimate of drug-likeness (QED) is 0.304. The van der Waals surface area contributed by atoms with Gasteiger partial charge in [-0.3, -0.25) is 19.2 Å². The first kappa shape index (κ1) is 27.4. The zero-order chi connectivity index (χ0) is 25.5. The zero-order valence-corrected chi connectivity index (χ0v) is 21.5. The van der Waals surface area contributed by atoms with E-state index in [0.29, 0.717) is 18.9 Å². The van der Waals surface area contributed by atoms with Gasteiger partial charge in [0, 0.05) is 13.1 Å². The molecular formula is C27H44N4O4. The summed E-state index contributed by atoms with van der Waals surface area (Å²) in [6, 6.07) is -2.17. The van der Waals surface area contributed by atoms with Crippen LogP contribution in [0.25, 0.3) is 0 Å². The van der Waals surface area contributed by atoms with E-state index in [2.05, 4.69) is 31.1 Å². The van der Waals surface area contributed by atoms with Crippen molar-refractivity contribution < 1.29 is 19.2 Å². The summed E-state index contributed by atoms with van der Waals surface area (Å²) in [7, 11) is 0. The highest BCUT2D eigenvalue weighted by molar-refractivity contribution is 6.38. The van der Waals surface area contributed by atoms with Gasteiger partial charge in [-0.1, -0.05) is 58.4 Å². The monoisotopic (exact) mass is 488 g/mol. The molecule has 1 saturated heterocycles. The second kappa shape index (κ2) is 12.7. The average molecular weight is 489 g/mol. The number of carbonyl (C=O) groups is 4. The topological polar surface area (TPSA) is 122 Å². The molecule has 196 valence electrons. The van der Waals surface area contributed by atoms with Crippen molar-refractivity contribution in [3.05, 3.63) is 12.7 Å². The lowest BCUT2D eigenvalue weighted by molar-refractivity contribution is -0.144. The van der Waals surface area contributed by atoms with Gasteiger partial charge in [0.05, 0.1) is 12.1 Å². The molecule has 0 radical (unpaired) electrons. The highest BCUT2D eigenvalue weighted by Crippen LogP contribution is 2.34. The maximum Gasteiger partial charge on any atom is 0.289 e. The van der Waals surface area contributed by atoms with Gasteiger partial charge in [0.15, 0.2) is 0 Å². The van der Waals surface area contributed by atoms with E-state index in [1.54, 1.807) is 4.90 Å². The van der Waals surface area contributed by atoms with Gasteiger partial charge in [0.2, 0.25) is 17.6 Å². The lowest BCUT2D eigenvalue weighted by atomic mass is 9.80. The molecule has 8 heteroatoms. The number of nitrogens with zero attached hydrogens (tertiary/aromatic N) is 1. The van der Waals surface area contributed by atoms with Gasteiger partial charge < -0.3 is 21.3 Å². The SMILES string of the molecule is C=CCNC(=O)C(=O)C(CC1CCC1)NC(=O)[C@@H]1[C@@H](C(C)C)CCN1C(=O)[C@@H](N)C1CCCCC1. The fourth-order valence-corrected chi connectivity index (χ4v) is 5.94. The highest BCUT2D eigenvalue weighted by atomic mass is 16.2. The Labute approximate surface area is 209 Å². The molecule has 0 spiro atoms. The van der Waals surface area contributed by atoms with Gasteiger partial charge in [-0.15, -0.1) is 6.58 Å². The van der Waals surface area contributed by atoms with Crippen molar-refractivity contribution in [3.63, 3.8) is 0 Å². The van der Waals surface area contributed by atoms with Crippen LogP contribution in [0.5, 0.6) is 0 Å². The van der Waals surface area contributed by atoms with Crippen LogP contribution >= 0.6 is 0 Å². The zero-order valence-electron chi connectivity index (χ0n) is 21.5.